The summed E-state index contributed by atoms with van der Waals surface area (Å²) in [6, 6.07) is 7.39. The van der Waals surface area contributed by atoms with Gasteiger partial charge in [-0.3, -0.25) is 14.5 Å². The van der Waals surface area contributed by atoms with Crippen LogP contribution < -0.4 is 0 Å². The highest BCUT2D eigenvalue weighted by Gasteiger charge is 2.51. The third-order valence-corrected chi connectivity index (χ3v) is 7.21. The first-order valence-corrected chi connectivity index (χ1v) is 10.4. The van der Waals surface area contributed by atoms with Crippen molar-refractivity contribution in [3.05, 3.63) is 35.5 Å². The lowest BCUT2D eigenvalue weighted by Crippen LogP contribution is -2.55. The Balaban J connectivity index is 2.29. The first kappa shape index (κ1) is 18.6. The molecule has 0 radical (unpaired) electrons. The van der Waals surface area contributed by atoms with Crippen LogP contribution in [0.3, 0.4) is 0 Å². The summed E-state index contributed by atoms with van der Waals surface area (Å²) in [6.07, 6.45) is 0. The van der Waals surface area contributed by atoms with E-state index in [-0.39, 0.29) is 23.3 Å². The molecule has 1 atom stereocenters. The molecule has 140 valence electrons. The van der Waals surface area contributed by atoms with Gasteiger partial charge in [0.1, 0.15) is 5.41 Å². The molecule has 1 aliphatic rings. The second kappa shape index (κ2) is 5.94. The summed E-state index contributed by atoms with van der Waals surface area (Å²) in [5.74, 6) is -1.21. The lowest BCUT2D eigenvalue weighted by atomic mass is 9.81. The van der Waals surface area contributed by atoms with Gasteiger partial charge in [0, 0.05) is 30.7 Å². The van der Waals surface area contributed by atoms with E-state index >= 15 is 0 Å². The topological polar surface area (TPSA) is 76.5 Å². The Morgan fingerprint density at radius 2 is 1.73 bits per heavy atom. The molecule has 0 spiro atoms. The summed E-state index contributed by atoms with van der Waals surface area (Å²) >= 11 is 0. The van der Waals surface area contributed by atoms with Crippen molar-refractivity contribution in [3.8, 4) is 0 Å². The summed E-state index contributed by atoms with van der Waals surface area (Å²) in [5.41, 5.74) is 0.410. The van der Waals surface area contributed by atoms with Crippen molar-refractivity contribution in [3.63, 3.8) is 0 Å². The van der Waals surface area contributed by atoms with Gasteiger partial charge < -0.3 is 4.57 Å². The predicted molar refractivity (Wildman–Crippen MR) is 101 cm³/mol. The average molecular weight is 376 g/mol. The third kappa shape index (κ3) is 2.65. The molecule has 0 saturated carbocycles. The van der Waals surface area contributed by atoms with Crippen LogP contribution in [0.15, 0.2) is 24.3 Å². The fourth-order valence-corrected chi connectivity index (χ4v) is 6.40. The van der Waals surface area contributed by atoms with E-state index in [9.17, 15) is 18.0 Å². The molecule has 0 N–H and O–H groups in total. The van der Waals surface area contributed by atoms with E-state index in [0.717, 1.165) is 15.8 Å². The predicted octanol–water partition coefficient (Wildman–Crippen LogP) is 2.12. The summed E-state index contributed by atoms with van der Waals surface area (Å²) < 4.78 is 27.2. The molecule has 1 aromatic heterocycles. The van der Waals surface area contributed by atoms with Crippen LogP contribution in [0.4, 0.5) is 0 Å². The van der Waals surface area contributed by atoms with Crippen LogP contribution >= 0.6 is 0 Å². The largest absolute Gasteiger partial charge is 0.346 e. The zero-order chi connectivity index (χ0) is 19.4. The van der Waals surface area contributed by atoms with Gasteiger partial charge in [-0.2, -0.15) is 0 Å². The number of hydrogen-bond donors (Lipinski definition) is 0. The van der Waals surface area contributed by atoms with Crippen LogP contribution in [0.1, 0.15) is 36.8 Å². The van der Waals surface area contributed by atoms with Crippen LogP contribution in [-0.2, 0) is 27.1 Å². The average Bonchev–Trinajstić information content (AvgIpc) is 2.84. The lowest BCUT2D eigenvalue weighted by molar-refractivity contribution is -0.133. The number of amides is 2. The van der Waals surface area contributed by atoms with E-state index in [2.05, 4.69) is 0 Å². The van der Waals surface area contributed by atoms with Crippen LogP contribution in [0.2, 0.25) is 0 Å². The van der Waals surface area contributed by atoms with Crippen LogP contribution in [0.25, 0.3) is 10.9 Å². The summed E-state index contributed by atoms with van der Waals surface area (Å²) in [6.45, 7) is 5.30. The Kier molecular flexibility index (Phi) is 4.26. The molecule has 7 heteroatoms. The molecule has 2 heterocycles. The second-order valence-electron chi connectivity index (χ2n) is 7.75. The second-order valence-corrected chi connectivity index (χ2v) is 9.86. The fourth-order valence-electron chi connectivity index (χ4n) is 4.12. The maximum Gasteiger partial charge on any atom is 0.262 e. The van der Waals surface area contributed by atoms with Gasteiger partial charge in [-0.05, 0) is 18.9 Å². The number of likely N-dealkylation sites (N-methyl/N-ethyl adjacent to an activating group) is 1. The first-order valence-electron chi connectivity index (χ1n) is 8.60. The molecular formula is C19H24N2O4S. The fraction of sp³-hybridized carbons (Fsp3) is 0.474. The highest BCUT2D eigenvalue weighted by atomic mass is 32.2. The number of aryl methyl sites for hydroxylation is 1. The van der Waals surface area contributed by atoms with Gasteiger partial charge >= 0.3 is 0 Å². The van der Waals surface area contributed by atoms with E-state index in [0.29, 0.717) is 11.3 Å². The zero-order valence-corrected chi connectivity index (χ0v) is 16.6. The Bertz CT molecular complexity index is 1020. The smallest absolute Gasteiger partial charge is 0.262 e. The monoisotopic (exact) mass is 376 g/mol. The maximum atomic E-state index is 13.0. The highest BCUT2D eigenvalue weighted by molar-refractivity contribution is 7.91. The van der Waals surface area contributed by atoms with Crippen LogP contribution in [0, 0.1) is 5.92 Å². The number of carbonyl (C=O) groups is 2. The minimum absolute atomic E-state index is 0.00675. The molecule has 0 bridgehead atoms. The molecule has 0 saturated heterocycles. The van der Waals surface area contributed by atoms with E-state index in [4.69, 9.17) is 0 Å². The Hall–Kier alpha value is -2.15. The minimum atomic E-state index is -3.48. The number of carbonyl (C=O) groups excluding carboxylic acids is 2. The van der Waals surface area contributed by atoms with E-state index in [1.54, 1.807) is 18.5 Å². The lowest BCUT2D eigenvalue weighted by Gasteiger charge is -2.37. The molecule has 2 aromatic rings. The highest BCUT2D eigenvalue weighted by Crippen LogP contribution is 2.40. The number of hydrogen-bond acceptors (Lipinski definition) is 4. The normalized spacial score (nSPS) is 20.9. The molecule has 6 nitrogen and oxygen atoms in total. The van der Waals surface area contributed by atoms with Gasteiger partial charge in [-0.25, -0.2) is 8.42 Å². The molecule has 0 fully saturated rings. The van der Waals surface area contributed by atoms with Gasteiger partial charge in [-0.1, -0.05) is 32.0 Å². The van der Waals surface area contributed by atoms with Crippen molar-refractivity contribution < 1.29 is 18.0 Å². The maximum absolute atomic E-state index is 13.0. The Morgan fingerprint density at radius 3 is 2.35 bits per heavy atom. The van der Waals surface area contributed by atoms with Crippen LogP contribution in [-0.4, -0.2) is 48.3 Å². The van der Waals surface area contributed by atoms with Gasteiger partial charge in [0.15, 0.2) is 9.84 Å². The van der Waals surface area contributed by atoms with Crippen molar-refractivity contribution in [2.45, 2.75) is 26.2 Å². The van der Waals surface area contributed by atoms with Crippen molar-refractivity contribution >= 4 is 32.6 Å². The Labute approximate surface area is 153 Å². The van der Waals surface area contributed by atoms with E-state index in [1.807, 2.05) is 38.1 Å². The molecule has 2 amide bonds. The van der Waals surface area contributed by atoms with E-state index in [1.165, 1.54) is 7.05 Å². The summed E-state index contributed by atoms with van der Waals surface area (Å²) in [7, 11) is -0.284. The molecule has 26 heavy (non-hydrogen) atoms. The SMILES string of the molecule is CC(C)CS(=O)(=O)CC1(C)C(=O)N(C)C(=O)c2c1n(C)c1ccccc21. The molecule has 1 aromatic carbocycles. The van der Waals surface area contributed by atoms with Crippen molar-refractivity contribution in [1.29, 1.82) is 0 Å². The summed E-state index contributed by atoms with van der Waals surface area (Å²) in [4.78, 5) is 26.9. The first-order chi connectivity index (χ1) is 12.0. The number of nitrogens with zero attached hydrogens (tertiary/aromatic N) is 2. The molecule has 0 aliphatic carbocycles. The van der Waals surface area contributed by atoms with Crippen molar-refractivity contribution in [1.82, 2.24) is 9.47 Å². The van der Waals surface area contributed by atoms with Crippen molar-refractivity contribution in [2.75, 3.05) is 18.6 Å². The number of fused-ring (bicyclic) bond motifs is 3. The van der Waals surface area contributed by atoms with Crippen molar-refractivity contribution in [2.24, 2.45) is 13.0 Å². The summed E-state index contributed by atoms with van der Waals surface area (Å²) in [5, 5.41) is 0.738. The molecular weight excluding hydrogens is 352 g/mol. The number of benzene rings is 1. The van der Waals surface area contributed by atoms with Gasteiger partial charge in [0.25, 0.3) is 5.91 Å². The van der Waals surface area contributed by atoms with Gasteiger partial charge in [0.05, 0.1) is 17.1 Å². The number of sulfone groups is 1. The minimum Gasteiger partial charge on any atom is -0.346 e. The van der Waals surface area contributed by atoms with Crippen LogP contribution in [0.5, 0.6) is 0 Å². The van der Waals surface area contributed by atoms with Gasteiger partial charge in [0.2, 0.25) is 5.91 Å². The van der Waals surface area contributed by atoms with E-state index < -0.39 is 21.2 Å². The Morgan fingerprint density at radius 1 is 1.12 bits per heavy atom. The van der Waals surface area contributed by atoms with Gasteiger partial charge in [-0.15, -0.1) is 0 Å². The number of rotatable bonds is 4. The molecule has 1 unspecified atom stereocenters. The standard InChI is InChI=1S/C19H24N2O4S/c1-12(2)10-26(24,25)11-19(3)16-15(17(22)21(5)18(19)23)13-8-6-7-9-14(13)20(16)4/h6-9,12H,10-11H2,1-5H3. The zero-order valence-electron chi connectivity index (χ0n) is 15.7. The molecule has 1 aliphatic heterocycles. The third-order valence-electron chi connectivity index (χ3n) is 5.02. The quantitative estimate of drug-likeness (QED) is 0.766. The molecule has 3 rings (SSSR count). The number of imide groups is 1. The number of aromatic nitrogens is 1. The number of para-hydroxylation sites is 1.